The van der Waals surface area contributed by atoms with Gasteiger partial charge in [-0.3, -0.25) is 19.6 Å². The molecule has 3 amide bonds. The van der Waals surface area contributed by atoms with Crippen LogP contribution in [0.4, 0.5) is 5.69 Å². The number of aromatic hydroxyl groups is 2. The summed E-state index contributed by atoms with van der Waals surface area (Å²) < 4.78 is 0. The van der Waals surface area contributed by atoms with Gasteiger partial charge in [-0.1, -0.05) is 45.6 Å². The van der Waals surface area contributed by atoms with Gasteiger partial charge >= 0.3 is 0 Å². The molecule has 0 saturated heterocycles. The van der Waals surface area contributed by atoms with Crippen LogP contribution in [0.25, 0.3) is 0 Å². The van der Waals surface area contributed by atoms with Crippen molar-refractivity contribution in [2.75, 3.05) is 5.32 Å². The number of nitrogens with one attached hydrogen (secondary N) is 2. The fourth-order valence-electron chi connectivity index (χ4n) is 4.57. The van der Waals surface area contributed by atoms with Crippen molar-refractivity contribution < 1.29 is 29.8 Å². The monoisotopic (exact) mass is 511 g/mol. The third kappa shape index (κ3) is 7.69. The largest absolute Gasteiger partial charge is 0.508 e. The number of hydroxylamine groups is 1. The highest BCUT2D eigenvalue weighted by Gasteiger charge is 2.27. The topological polar surface area (TPSA) is 139 Å². The molecular weight excluding hydrogens is 474 g/mol. The number of anilines is 1. The molecule has 9 heteroatoms. The van der Waals surface area contributed by atoms with E-state index in [1.807, 2.05) is 32.0 Å². The van der Waals surface area contributed by atoms with E-state index in [-0.39, 0.29) is 40.7 Å². The molecule has 3 rings (SSSR count). The summed E-state index contributed by atoms with van der Waals surface area (Å²) in [4.78, 5) is 38.1. The third-order valence-corrected chi connectivity index (χ3v) is 6.68. The molecule has 0 spiro atoms. The minimum absolute atomic E-state index is 0.00111. The van der Waals surface area contributed by atoms with Crippen molar-refractivity contribution >= 4 is 23.4 Å². The third-order valence-electron chi connectivity index (χ3n) is 6.68. The van der Waals surface area contributed by atoms with Crippen LogP contribution >= 0.6 is 0 Å². The summed E-state index contributed by atoms with van der Waals surface area (Å²) in [5, 5.41) is 31.8. The number of benzene rings is 2. The number of nitrogens with zero attached hydrogens (tertiary/aromatic N) is 1. The van der Waals surface area contributed by atoms with Crippen molar-refractivity contribution in [3.05, 3.63) is 52.6 Å². The Bertz CT molecular complexity index is 1130. The predicted octanol–water partition coefficient (Wildman–Crippen LogP) is 4.94. The SMILES string of the molecule is CC(C)c1cc(C(=O)N2Cc3ccc(NC(=O)CCCCCCCCC(=O)NO)cc3C2)c(O)cc1O. The highest BCUT2D eigenvalue weighted by molar-refractivity contribution is 5.98. The fraction of sp³-hybridized carbons (Fsp3) is 0.464. The maximum Gasteiger partial charge on any atom is 0.258 e. The molecule has 0 aromatic heterocycles. The molecule has 1 aliphatic heterocycles. The van der Waals surface area contributed by atoms with Crippen LogP contribution in [0, 0.1) is 0 Å². The van der Waals surface area contributed by atoms with Crippen LogP contribution < -0.4 is 10.8 Å². The van der Waals surface area contributed by atoms with Gasteiger partial charge in [0.25, 0.3) is 5.91 Å². The van der Waals surface area contributed by atoms with E-state index in [4.69, 9.17) is 5.21 Å². The van der Waals surface area contributed by atoms with Crippen molar-refractivity contribution in [1.29, 1.82) is 0 Å². The molecule has 0 fully saturated rings. The van der Waals surface area contributed by atoms with Crippen molar-refractivity contribution in [1.82, 2.24) is 10.4 Å². The van der Waals surface area contributed by atoms with Gasteiger partial charge in [-0.05, 0) is 53.6 Å². The molecule has 0 bridgehead atoms. The molecule has 200 valence electrons. The van der Waals surface area contributed by atoms with Gasteiger partial charge in [0.15, 0.2) is 0 Å². The maximum absolute atomic E-state index is 13.1. The second-order valence-electron chi connectivity index (χ2n) is 9.93. The summed E-state index contributed by atoms with van der Waals surface area (Å²) in [6.07, 6.45) is 6.10. The molecular formula is C28H37N3O6. The number of fused-ring (bicyclic) bond motifs is 1. The summed E-state index contributed by atoms with van der Waals surface area (Å²) in [6, 6.07) is 8.41. The Balaban J connectivity index is 1.46. The number of phenolic OH excluding ortho intramolecular Hbond substituents is 2. The lowest BCUT2D eigenvalue weighted by atomic mass is 9.98. The Labute approximate surface area is 217 Å². The van der Waals surface area contributed by atoms with Gasteiger partial charge in [-0.25, -0.2) is 5.48 Å². The molecule has 0 unspecified atom stereocenters. The highest BCUT2D eigenvalue weighted by Crippen LogP contribution is 2.34. The molecule has 0 saturated carbocycles. The lowest BCUT2D eigenvalue weighted by Gasteiger charge is -2.18. The van der Waals surface area contributed by atoms with Crippen LogP contribution in [0.3, 0.4) is 0 Å². The molecule has 1 heterocycles. The van der Waals surface area contributed by atoms with Crippen molar-refractivity contribution in [3.63, 3.8) is 0 Å². The summed E-state index contributed by atoms with van der Waals surface area (Å²) in [5.41, 5.74) is 5.03. The number of carbonyl (C=O) groups excluding carboxylic acids is 3. The summed E-state index contributed by atoms with van der Waals surface area (Å²) in [7, 11) is 0. The van der Waals surface area contributed by atoms with E-state index in [0.717, 1.165) is 49.7 Å². The van der Waals surface area contributed by atoms with E-state index < -0.39 is 0 Å². The standard InChI is InChI=1S/C28H37N3O6/c1-18(2)22-14-23(25(33)15-24(22)32)28(36)31-16-19-11-12-21(13-20(19)17-31)29-26(34)9-7-5-3-4-6-8-10-27(35)30-37/h11-15,18,32-33,37H,3-10,16-17H2,1-2H3,(H,29,34)(H,30,35). The number of unbranched alkanes of at least 4 members (excludes halogenated alkanes) is 5. The van der Waals surface area contributed by atoms with Crippen molar-refractivity contribution in [2.24, 2.45) is 0 Å². The molecule has 9 nitrogen and oxygen atoms in total. The van der Waals surface area contributed by atoms with Gasteiger partial charge in [-0.2, -0.15) is 0 Å². The van der Waals surface area contributed by atoms with Gasteiger partial charge in [0.1, 0.15) is 11.5 Å². The Morgan fingerprint density at radius 1 is 0.838 bits per heavy atom. The maximum atomic E-state index is 13.1. The average molecular weight is 512 g/mol. The fourth-order valence-corrected chi connectivity index (χ4v) is 4.57. The number of hydrogen-bond donors (Lipinski definition) is 5. The van der Waals surface area contributed by atoms with Crippen LogP contribution in [-0.2, 0) is 22.7 Å². The molecule has 1 aliphatic rings. The average Bonchev–Trinajstić information content (AvgIpc) is 3.28. The molecule has 0 aliphatic carbocycles. The quantitative estimate of drug-likeness (QED) is 0.155. The summed E-state index contributed by atoms with van der Waals surface area (Å²) in [5.74, 6) is -0.997. The molecule has 5 N–H and O–H groups in total. The number of rotatable bonds is 12. The predicted molar refractivity (Wildman–Crippen MR) is 139 cm³/mol. The molecule has 0 radical (unpaired) electrons. The smallest absolute Gasteiger partial charge is 0.258 e. The molecule has 37 heavy (non-hydrogen) atoms. The van der Waals surface area contributed by atoms with Crippen LogP contribution in [0.5, 0.6) is 11.5 Å². The van der Waals surface area contributed by atoms with Crippen LogP contribution in [0.15, 0.2) is 30.3 Å². The van der Waals surface area contributed by atoms with E-state index in [2.05, 4.69) is 5.32 Å². The zero-order chi connectivity index (χ0) is 26.9. The summed E-state index contributed by atoms with van der Waals surface area (Å²) >= 11 is 0. The normalized spacial score (nSPS) is 12.5. The Hall–Kier alpha value is -3.59. The number of amides is 3. The van der Waals surface area contributed by atoms with Crippen LogP contribution in [0.1, 0.15) is 98.2 Å². The number of phenols is 2. The van der Waals surface area contributed by atoms with Crippen molar-refractivity contribution in [3.8, 4) is 11.5 Å². The first-order chi connectivity index (χ1) is 17.7. The number of hydrogen-bond acceptors (Lipinski definition) is 6. The van der Waals surface area contributed by atoms with Gasteiger partial charge in [0.05, 0.1) is 5.56 Å². The van der Waals surface area contributed by atoms with Gasteiger partial charge in [0, 0.05) is 37.7 Å². The Morgan fingerprint density at radius 3 is 2.11 bits per heavy atom. The van der Waals surface area contributed by atoms with Gasteiger partial charge < -0.3 is 20.4 Å². The van der Waals surface area contributed by atoms with Gasteiger partial charge in [-0.15, -0.1) is 0 Å². The van der Waals surface area contributed by atoms with Crippen molar-refractivity contribution in [2.45, 2.75) is 84.2 Å². The van der Waals surface area contributed by atoms with Crippen LogP contribution in [0.2, 0.25) is 0 Å². The first-order valence-electron chi connectivity index (χ1n) is 12.9. The molecule has 2 aromatic rings. The molecule has 0 atom stereocenters. The second kappa shape index (κ2) is 13.1. The Morgan fingerprint density at radius 2 is 1.46 bits per heavy atom. The second-order valence-corrected chi connectivity index (χ2v) is 9.93. The van der Waals surface area contributed by atoms with E-state index >= 15 is 0 Å². The number of carbonyl (C=O) groups is 3. The highest BCUT2D eigenvalue weighted by atomic mass is 16.5. The lowest BCUT2D eigenvalue weighted by Crippen LogP contribution is -2.25. The first-order valence-corrected chi connectivity index (χ1v) is 12.9. The minimum atomic E-state index is -0.362. The van der Waals surface area contributed by atoms with E-state index in [0.29, 0.717) is 37.2 Å². The van der Waals surface area contributed by atoms with Gasteiger partial charge in [0.2, 0.25) is 11.8 Å². The Kier molecular flexibility index (Phi) is 9.91. The van der Waals surface area contributed by atoms with E-state index in [1.54, 1.807) is 16.4 Å². The lowest BCUT2D eigenvalue weighted by molar-refractivity contribution is -0.129. The van der Waals surface area contributed by atoms with Crippen LogP contribution in [-0.4, -0.2) is 38.0 Å². The van der Waals surface area contributed by atoms with E-state index in [9.17, 15) is 24.6 Å². The summed E-state index contributed by atoms with van der Waals surface area (Å²) in [6.45, 7) is 4.60. The van der Waals surface area contributed by atoms with E-state index in [1.165, 1.54) is 6.07 Å². The zero-order valence-electron chi connectivity index (χ0n) is 21.5. The minimum Gasteiger partial charge on any atom is -0.508 e. The molecule has 2 aromatic carbocycles. The first kappa shape index (κ1) is 28.0. The zero-order valence-corrected chi connectivity index (χ0v) is 21.5.